The number of hydrogen-bond donors (Lipinski definition) is 3. The highest BCUT2D eigenvalue weighted by Crippen LogP contribution is 2.33. The molecule has 1 aliphatic rings. The van der Waals surface area contributed by atoms with E-state index < -0.39 is 32.2 Å². The van der Waals surface area contributed by atoms with Gasteiger partial charge in [0.2, 0.25) is 0 Å². The second-order valence-electron chi connectivity index (χ2n) is 3.17. The summed E-state index contributed by atoms with van der Waals surface area (Å²) in [6, 6.07) is 6.62. The Labute approximate surface area is 90.0 Å². The van der Waals surface area contributed by atoms with Gasteiger partial charge in [-0.05, 0) is 11.1 Å². The average Bonchev–Trinajstić information content (AvgIpc) is 2.56. The third-order valence-corrected chi connectivity index (χ3v) is 4.02. The van der Waals surface area contributed by atoms with E-state index in [2.05, 4.69) is 5.32 Å². The molecule has 0 aliphatic carbocycles. The maximum Gasteiger partial charge on any atom is 0.160 e. The Morgan fingerprint density at radius 1 is 0.867 bits per heavy atom. The highest BCUT2D eigenvalue weighted by molar-refractivity contribution is 7.73. The van der Waals surface area contributed by atoms with Crippen LogP contribution in [0, 0.1) is 0 Å². The number of thiol groups is 2. The normalized spacial score (nSPS) is 24.7. The molecule has 82 valence electrons. The average molecular weight is 247 g/mol. The van der Waals surface area contributed by atoms with Gasteiger partial charge in [-0.1, -0.05) is 24.3 Å². The minimum Gasteiger partial charge on any atom is -0.278 e. The Morgan fingerprint density at radius 3 is 1.60 bits per heavy atom. The van der Waals surface area contributed by atoms with E-state index in [0.717, 1.165) is 0 Å². The summed E-state index contributed by atoms with van der Waals surface area (Å²) in [5.74, 6) is 0. The second kappa shape index (κ2) is 3.92. The van der Waals surface area contributed by atoms with Crippen molar-refractivity contribution in [3.8, 4) is 0 Å². The first kappa shape index (κ1) is 10.6. The van der Waals surface area contributed by atoms with Gasteiger partial charge in [0.15, 0.2) is 21.4 Å². The van der Waals surface area contributed by atoms with E-state index in [-0.39, 0.29) is 0 Å². The van der Waals surface area contributed by atoms with Crippen molar-refractivity contribution in [3.63, 3.8) is 0 Å². The van der Waals surface area contributed by atoms with Crippen LogP contribution in [0.25, 0.3) is 0 Å². The minimum atomic E-state index is -2.72. The molecule has 1 N–H and O–H groups in total. The number of rotatable bonds is 2. The first-order valence-electron chi connectivity index (χ1n) is 4.23. The molecule has 0 saturated heterocycles. The molecular formula is C8H9NO4S2. The van der Waals surface area contributed by atoms with E-state index >= 15 is 0 Å². The van der Waals surface area contributed by atoms with Crippen LogP contribution in [0.15, 0.2) is 24.3 Å². The Kier molecular flexibility index (Phi) is 2.76. The SMILES string of the molecule is O=[SH](=O)C1NC([SH](=O)=O)c2ccccc21. The van der Waals surface area contributed by atoms with E-state index in [1.165, 1.54) is 0 Å². The van der Waals surface area contributed by atoms with Crippen LogP contribution < -0.4 is 5.32 Å². The number of hydrogen-bond acceptors (Lipinski definition) is 5. The molecule has 1 aromatic carbocycles. The van der Waals surface area contributed by atoms with Crippen LogP contribution in [0.4, 0.5) is 0 Å². The maximum atomic E-state index is 10.9. The van der Waals surface area contributed by atoms with E-state index in [4.69, 9.17) is 0 Å². The standard InChI is InChI=1S/C8H9NO4S2/c10-14(11)7-5-3-1-2-4-6(5)8(9-7)15(12)13/h1-4,7-9,14-15H. The van der Waals surface area contributed by atoms with Gasteiger partial charge in [-0.25, -0.2) is 16.8 Å². The van der Waals surface area contributed by atoms with Gasteiger partial charge < -0.3 is 0 Å². The zero-order valence-electron chi connectivity index (χ0n) is 7.49. The van der Waals surface area contributed by atoms with Crippen LogP contribution >= 0.6 is 0 Å². The predicted molar refractivity (Wildman–Crippen MR) is 55.7 cm³/mol. The lowest BCUT2D eigenvalue weighted by Gasteiger charge is -2.03. The largest absolute Gasteiger partial charge is 0.278 e. The monoisotopic (exact) mass is 247 g/mol. The predicted octanol–water partition coefficient (Wildman–Crippen LogP) is -0.490. The van der Waals surface area contributed by atoms with Gasteiger partial charge >= 0.3 is 0 Å². The summed E-state index contributed by atoms with van der Waals surface area (Å²) in [4.78, 5) is 0. The van der Waals surface area contributed by atoms with Gasteiger partial charge in [0, 0.05) is 0 Å². The first-order valence-corrected chi connectivity index (χ1v) is 6.72. The molecule has 0 saturated carbocycles. The van der Waals surface area contributed by atoms with E-state index in [9.17, 15) is 16.8 Å². The van der Waals surface area contributed by atoms with Crippen LogP contribution in [-0.4, -0.2) is 16.8 Å². The minimum absolute atomic E-state index is 0.526. The molecule has 5 nitrogen and oxygen atoms in total. The lowest BCUT2D eigenvalue weighted by atomic mass is 10.1. The number of benzene rings is 1. The molecule has 0 spiro atoms. The van der Waals surface area contributed by atoms with Gasteiger partial charge in [0.1, 0.15) is 10.7 Å². The van der Waals surface area contributed by atoms with E-state index in [1.54, 1.807) is 24.3 Å². The quantitative estimate of drug-likeness (QED) is 0.615. The topological polar surface area (TPSA) is 80.3 Å². The van der Waals surface area contributed by atoms with Crippen LogP contribution in [0.5, 0.6) is 0 Å². The molecule has 1 heterocycles. The molecule has 0 fully saturated rings. The molecule has 15 heavy (non-hydrogen) atoms. The van der Waals surface area contributed by atoms with Crippen LogP contribution in [0.3, 0.4) is 0 Å². The fourth-order valence-electron chi connectivity index (χ4n) is 1.69. The molecular weight excluding hydrogens is 238 g/mol. The lowest BCUT2D eigenvalue weighted by molar-refractivity contribution is 0.569. The summed E-state index contributed by atoms with van der Waals surface area (Å²) in [7, 11) is -5.44. The zero-order valence-corrected chi connectivity index (χ0v) is 9.28. The molecule has 0 radical (unpaired) electrons. The summed E-state index contributed by atoms with van der Waals surface area (Å²) in [5.41, 5.74) is 1.05. The summed E-state index contributed by atoms with van der Waals surface area (Å²) < 4.78 is 43.6. The molecule has 0 aromatic heterocycles. The van der Waals surface area contributed by atoms with Crippen molar-refractivity contribution in [1.29, 1.82) is 0 Å². The van der Waals surface area contributed by atoms with Crippen molar-refractivity contribution in [2.75, 3.05) is 0 Å². The molecule has 2 unspecified atom stereocenters. The Hall–Kier alpha value is -0.920. The second-order valence-corrected chi connectivity index (χ2v) is 5.35. The van der Waals surface area contributed by atoms with Gasteiger partial charge in [-0.15, -0.1) is 0 Å². The first-order chi connectivity index (χ1) is 7.11. The highest BCUT2D eigenvalue weighted by atomic mass is 32.2. The Balaban J connectivity index is 2.57. The van der Waals surface area contributed by atoms with Gasteiger partial charge in [-0.2, -0.15) is 0 Å². The molecule has 2 atom stereocenters. The Bertz CT molecular complexity index is 472. The van der Waals surface area contributed by atoms with Gasteiger partial charge in [-0.3, -0.25) is 5.32 Å². The van der Waals surface area contributed by atoms with Crippen molar-refractivity contribution >= 4 is 21.4 Å². The molecule has 2 rings (SSSR count). The highest BCUT2D eigenvalue weighted by Gasteiger charge is 2.33. The van der Waals surface area contributed by atoms with Gasteiger partial charge in [0.05, 0.1) is 0 Å². The summed E-state index contributed by atoms with van der Waals surface area (Å²) in [5, 5.41) is 0.774. The third-order valence-electron chi connectivity index (χ3n) is 2.32. The van der Waals surface area contributed by atoms with Crippen molar-refractivity contribution < 1.29 is 16.8 Å². The fourth-order valence-corrected chi connectivity index (χ4v) is 3.27. The number of fused-ring (bicyclic) bond motifs is 1. The van der Waals surface area contributed by atoms with Crippen molar-refractivity contribution in [2.24, 2.45) is 0 Å². The van der Waals surface area contributed by atoms with Crippen LogP contribution in [0.1, 0.15) is 21.9 Å². The maximum absolute atomic E-state index is 10.9. The van der Waals surface area contributed by atoms with Gasteiger partial charge in [0.25, 0.3) is 0 Å². The van der Waals surface area contributed by atoms with E-state index in [0.29, 0.717) is 11.1 Å². The third kappa shape index (κ3) is 1.77. The fraction of sp³-hybridized carbons (Fsp3) is 0.250. The van der Waals surface area contributed by atoms with Crippen molar-refractivity contribution in [2.45, 2.75) is 10.7 Å². The summed E-state index contributed by atoms with van der Waals surface area (Å²) in [6.45, 7) is 0. The zero-order chi connectivity index (χ0) is 11.0. The summed E-state index contributed by atoms with van der Waals surface area (Å²) >= 11 is 0. The summed E-state index contributed by atoms with van der Waals surface area (Å²) in [6.07, 6.45) is 0. The molecule has 7 heteroatoms. The van der Waals surface area contributed by atoms with Crippen molar-refractivity contribution in [3.05, 3.63) is 35.4 Å². The van der Waals surface area contributed by atoms with E-state index in [1.807, 2.05) is 0 Å². The van der Waals surface area contributed by atoms with Crippen LogP contribution in [-0.2, 0) is 21.4 Å². The van der Waals surface area contributed by atoms with Crippen molar-refractivity contribution in [1.82, 2.24) is 5.32 Å². The smallest absolute Gasteiger partial charge is 0.160 e. The number of nitrogens with one attached hydrogen (secondary N) is 1. The van der Waals surface area contributed by atoms with Crippen LogP contribution in [0.2, 0.25) is 0 Å². The lowest BCUT2D eigenvalue weighted by Crippen LogP contribution is -2.19. The Morgan fingerprint density at radius 2 is 1.27 bits per heavy atom. The molecule has 0 amide bonds. The molecule has 1 aliphatic heterocycles. The molecule has 1 aromatic rings. The molecule has 0 bridgehead atoms.